The molecule has 2 amide bonds. The fourth-order valence-electron chi connectivity index (χ4n) is 4.05. The summed E-state index contributed by atoms with van der Waals surface area (Å²) in [6, 6.07) is 12.4. The van der Waals surface area contributed by atoms with Gasteiger partial charge in [0.05, 0.1) is 17.9 Å². The highest BCUT2D eigenvalue weighted by Crippen LogP contribution is 2.43. The Kier molecular flexibility index (Phi) is 4.58. The number of hydrogen-bond acceptors (Lipinski definition) is 5. The van der Waals surface area contributed by atoms with E-state index in [2.05, 4.69) is 4.98 Å². The van der Waals surface area contributed by atoms with E-state index in [1.807, 2.05) is 18.2 Å². The zero-order chi connectivity index (χ0) is 19.7. The number of amides is 2. The van der Waals surface area contributed by atoms with Crippen LogP contribution in [0.2, 0.25) is 0 Å². The van der Waals surface area contributed by atoms with E-state index in [1.54, 1.807) is 37.4 Å². The van der Waals surface area contributed by atoms with Crippen molar-refractivity contribution in [2.45, 2.75) is 31.7 Å². The van der Waals surface area contributed by atoms with Crippen LogP contribution >= 0.6 is 0 Å². The molecule has 4 rings (SSSR count). The number of hydrogen-bond donors (Lipinski definition) is 0. The van der Waals surface area contributed by atoms with Crippen LogP contribution in [0, 0.1) is 0 Å². The number of piperidine rings is 1. The van der Waals surface area contributed by atoms with E-state index in [-0.39, 0.29) is 18.8 Å². The quantitative estimate of drug-likeness (QED) is 0.748. The second kappa shape index (κ2) is 7.07. The van der Waals surface area contributed by atoms with E-state index in [1.165, 1.54) is 9.80 Å². The molecule has 2 aliphatic heterocycles. The minimum atomic E-state index is -1.60. The highest BCUT2D eigenvalue weighted by Gasteiger charge is 2.60. The minimum absolute atomic E-state index is 0.175. The van der Waals surface area contributed by atoms with E-state index < -0.39 is 17.5 Å². The molecule has 1 atom stereocenters. The first-order valence-corrected chi connectivity index (χ1v) is 9.45. The van der Waals surface area contributed by atoms with Crippen LogP contribution < -0.4 is 4.90 Å². The van der Waals surface area contributed by atoms with Gasteiger partial charge in [0.1, 0.15) is 0 Å². The number of anilines is 2. The Bertz CT molecular complexity index is 930. The van der Waals surface area contributed by atoms with E-state index >= 15 is 0 Å². The number of pyridine rings is 1. The normalized spacial score (nSPS) is 21.6. The average Bonchev–Trinajstić information content (AvgIpc) is 2.74. The molecule has 2 aromatic rings. The van der Waals surface area contributed by atoms with E-state index in [0.29, 0.717) is 36.5 Å². The lowest BCUT2D eigenvalue weighted by atomic mass is 9.76. The molecule has 7 heteroatoms. The number of nitrogens with zero attached hydrogens (tertiary/aromatic N) is 3. The molecular weight excluding hydrogens is 358 g/mol. The van der Waals surface area contributed by atoms with Gasteiger partial charge in [-0.3, -0.25) is 19.4 Å². The van der Waals surface area contributed by atoms with Crippen molar-refractivity contribution in [2.75, 3.05) is 18.1 Å². The number of carbonyl (C=O) groups excluding carboxylic acids is 3. The molecular formula is C21H21N3O4. The van der Waals surface area contributed by atoms with Crippen molar-refractivity contribution >= 4 is 29.3 Å². The third kappa shape index (κ3) is 2.58. The molecule has 1 saturated heterocycles. The number of benzene rings is 1. The Morgan fingerprint density at radius 1 is 1.14 bits per heavy atom. The van der Waals surface area contributed by atoms with Gasteiger partial charge in [-0.15, -0.1) is 0 Å². The smallest absolute Gasteiger partial charge is 0.411 e. The maximum Gasteiger partial charge on any atom is 0.411 e. The predicted octanol–water partition coefficient (Wildman–Crippen LogP) is 3.32. The summed E-state index contributed by atoms with van der Waals surface area (Å²) in [7, 11) is 0. The molecule has 2 aliphatic rings. The average molecular weight is 379 g/mol. The number of likely N-dealkylation sites (tertiary alicyclic amines) is 1. The monoisotopic (exact) mass is 379 g/mol. The fraction of sp³-hybridized carbons (Fsp3) is 0.333. The summed E-state index contributed by atoms with van der Waals surface area (Å²) in [5.41, 5.74) is -0.660. The van der Waals surface area contributed by atoms with Crippen LogP contribution in [0.15, 0.2) is 48.7 Å². The van der Waals surface area contributed by atoms with E-state index in [0.717, 1.165) is 0 Å². The molecule has 0 N–H and O–H groups in total. The first kappa shape index (κ1) is 18.2. The summed E-state index contributed by atoms with van der Waals surface area (Å²) in [4.78, 5) is 47.1. The summed E-state index contributed by atoms with van der Waals surface area (Å²) in [5, 5.41) is 0. The first-order chi connectivity index (χ1) is 13.6. The zero-order valence-corrected chi connectivity index (χ0v) is 15.6. The molecule has 28 heavy (non-hydrogen) atoms. The summed E-state index contributed by atoms with van der Waals surface area (Å²) in [5.74, 6) is -0.549. The van der Waals surface area contributed by atoms with Crippen LogP contribution in [0.3, 0.4) is 0 Å². The first-order valence-electron chi connectivity index (χ1n) is 9.45. The lowest BCUT2D eigenvalue weighted by Gasteiger charge is -2.48. The lowest BCUT2D eigenvalue weighted by Crippen LogP contribution is -2.69. The van der Waals surface area contributed by atoms with Crippen molar-refractivity contribution in [3.05, 3.63) is 54.2 Å². The molecule has 1 unspecified atom stereocenters. The summed E-state index contributed by atoms with van der Waals surface area (Å²) >= 11 is 0. The van der Waals surface area contributed by atoms with Gasteiger partial charge >= 0.3 is 6.09 Å². The number of para-hydroxylation sites is 1. The fourth-order valence-corrected chi connectivity index (χ4v) is 4.05. The molecule has 1 fully saturated rings. The number of fused-ring (bicyclic) bond motifs is 1. The lowest BCUT2D eigenvalue weighted by molar-refractivity contribution is -0.128. The molecule has 7 nitrogen and oxygen atoms in total. The SMILES string of the molecule is CCOC(=O)N1CCCCC12C(=O)c1cccnc1N(c1ccccc1)C2=O. The number of ketones is 1. The molecule has 3 heterocycles. The Balaban J connectivity index is 1.92. The van der Waals surface area contributed by atoms with Crippen molar-refractivity contribution < 1.29 is 19.1 Å². The molecule has 1 spiro atoms. The zero-order valence-electron chi connectivity index (χ0n) is 15.6. The Morgan fingerprint density at radius 3 is 2.68 bits per heavy atom. The van der Waals surface area contributed by atoms with Crippen molar-refractivity contribution in [1.82, 2.24) is 9.88 Å². The Morgan fingerprint density at radius 2 is 1.93 bits per heavy atom. The molecule has 0 saturated carbocycles. The Labute approximate surface area is 162 Å². The summed E-state index contributed by atoms with van der Waals surface area (Å²) < 4.78 is 5.18. The number of aromatic nitrogens is 1. The van der Waals surface area contributed by atoms with Crippen molar-refractivity contribution in [1.29, 1.82) is 0 Å². The van der Waals surface area contributed by atoms with Gasteiger partial charge in [0, 0.05) is 12.7 Å². The molecule has 144 valence electrons. The number of carbonyl (C=O) groups is 3. The second-order valence-electron chi connectivity index (χ2n) is 6.85. The van der Waals surface area contributed by atoms with Gasteiger partial charge in [-0.25, -0.2) is 9.78 Å². The molecule has 1 aromatic carbocycles. The van der Waals surface area contributed by atoms with Crippen molar-refractivity contribution in [3.63, 3.8) is 0 Å². The number of ether oxygens (including phenoxy) is 1. The van der Waals surface area contributed by atoms with Crippen LogP contribution in [0.1, 0.15) is 36.5 Å². The van der Waals surface area contributed by atoms with Gasteiger partial charge in [0.25, 0.3) is 5.91 Å². The van der Waals surface area contributed by atoms with Gasteiger partial charge in [-0.05, 0) is 50.5 Å². The van der Waals surface area contributed by atoms with Crippen molar-refractivity contribution in [2.24, 2.45) is 0 Å². The topological polar surface area (TPSA) is 79.8 Å². The van der Waals surface area contributed by atoms with E-state index in [4.69, 9.17) is 4.74 Å². The standard InChI is InChI=1S/C21H21N3O4/c1-2-28-20(27)23-14-7-6-12-21(23)17(25)16-11-8-13-22-18(16)24(19(21)26)15-9-4-3-5-10-15/h3-5,8-11,13H,2,6-7,12,14H2,1H3. The number of Topliss-reactive ketones (excluding diaryl/α,β-unsaturated/α-hetero) is 1. The van der Waals surface area contributed by atoms with Gasteiger partial charge < -0.3 is 4.74 Å². The van der Waals surface area contributed by atoms with Crippen LogP contribution in [0.25, 0.3) is 0 Å². The minimum Gasteiger partial charge on any atom is -0.450 e. The van der Waals surface area contributed by atoms with Crippen LogP contribution in [0.4, 0.5) is 16.3 Å². The van der Waals surface area contributed by atoms with Crippen molar-refractivity contribution in [3.8, 4) is 0 Å². The molecule has 1 aromatic heterocycles. The van der Waals surface area contributed by atoms with Gasteiger partial charge in [0.15, 0.2) is 11.4 Å². The maximum atomic E-state index is 13.8. The molecule has 0 bridgehead atoms. The van der Waals surface area contributed by atoms with Crippen LogP contribution in [0.5, 0.6) is 0 Å². The van der Waals surface area contributed by atoms with Gasteiger partial charge in [-0.1, -0.05) is 18.2 Å². The van der Waals surface area contributed by atoms with Crippen LogP contribution in [-0.4, -0.2) is 46.4 Å². The van der Waals surface area contributed by atoms with Gasteiger partial charge in [-0.2, -0.15) is 0 Å². The van der Waals surface area contributed by atoms with Gasteiger partial charge in [0.2, 0.25) is 5.78 Å². The Hall–Kier alpha value is -3.22. The largest absolute Gasteiger partial charge is 0.450 e. The third-order valence-corrected chi connectivity index (χ3v) is 5.31. The second-order valence-corrected chi connectivity index (χ2v) is 6.85. The summed E-state index contributed by atoms with van der Waals surface area (Å²) in [6.45, 7) is 2.18. The highest BCUT2D eigenvalue weighted by atomic mass is 16.6. The number of rotatable bonds is 2. The summed E-state index contributed by atoms with van der Waals surface area (Å²) in [6.07, 6.45) is 2.57. The third-order valence-electron chi connectivity index (χ3n) is 5.31. The molecule has 0 aliphatic carbocycles. The van der Waals surface area contributed by atoms with Crippen LogP contribution in [-0.2, 0) is 9.53 Å². The van der Waals surface area contributed by atoms with E-state index in [9.17, 15) is 14.4 Å². The maximum absolute atomic E-state index is 13.8. The highest BCUT2D eigenvalue weighted by molar-refractivity contribution is 6.30. The molecule has 0 radical (unpaired) electrons. The predicted molar refractivity (Wildman–Crippen MR) is 102 cm³/mol.